The summed E-state index contributed by atoms with van der Waals surface area (Å²) in [5, 5.41) is 13.8. The zero-order valence-corrected chi connectivity index (χ0v) is 43.6. The molecule has 0 fully saturated rings. The third-order valence-electron chi connectivity index (χ3n) is 12.3. The number of hydrogen-bond donors (Lipinski definition) is 5. The highest BCUT2D eigenvalue weighted by Crippen LogP contribution is 2.44. The monoisotopic (exact) mass is 988 g/mol. The lowest BCUT2D eigenvalue weighted by Gasteiger charge is -2.33. The highest BCUT2D eigenvalue weighted by atomic mass is 16.6. The largest absolute Gasteiger partial charge is 0.460 e. The maximum atomic E-state index is 14.6. The number of hydrogen-bond acceptors (Lipinski definition) is 10. The van der Waals surface area contributed by atoms with Crippen LogP contribution in [0.3, 0.4) is 0 Å². The first-order chi connectivity index (χ1) is 33.9. The number of carbonyl (C=O) groups is 7. The van der Waals surface area contributed by atoms with Crippen LogP contribution in [-0.4, -0.2) is 84.1 Å². The summed E-state index contributed by atoms with van der Waals surface area (Å²) in [7, 11) is 0. The average molecular weight is 988 g/mol. The Morgan fingerprint density at radius 3 is 1.71 bits per heavy atom. The van der Waals surface area contributed by atoms with Gasteiger partial charge in [0.2, 0.25) is 23.6 Å². The molecule has 0 saturated heterocycles. The van der Waals surface area contributed by atoms with E-state index in [0.29, 0.717) is 0 Å². The first-order valence-corrected chi connectivity index (χ1v) is 24.7. The maximum Gasteiger partial charge on any atom is 0.407 e. The van der Waals surface area contributed by atoms with E-state index in [4.69, 9.17) is 14.2 Å². The van der Waals surface area contributed by atoms with Crippen molar-refractivity contribution < 1.29 is 47.8 Å². The second kappa shape index (κ2) is 24.9. The Bertz CT molecular complexity index is 2500. The van der Waals surface area contributed by atoms with E-state index in [-0.39, 0.29) is 37.9 Å². The van der Waals surface area contributed by atoms with Gasteiger partial charge in [-0.25, -0.2) is 9.59 Å². The van der Waals surface area contributed by atoms with Crippen molar-refractivity contribution in [2.75, 3.05) is 6.61 Å². The number of amides is 5. The van der Waals surface area contributed by atoms with Crippen molar-refractivity contribution in [2.24, 2.45) is 17.3 Å². The number of ether oxygens (including phenoxy) is 3. The fourth-order valence-corrected chi connectivity index (χ4v) is 8.55. The minimum absolute atomic E-state index is 0.00152. The highest BCUT2D eigenvalue weighted by Gasteiger charge is 2.39. The Labute approximate surface area is 424 Å². The number of fused-ring (bicyclic) bond motifs is 3. The average Bonchev–Trinajstić information content (AvgIpc) is 3.63. The molecule has 0 aliphatic heterocycles. The summed E-state index contributed by atoms with van der Waals surface area (Å²) in [4.78, 5) is 97.8. The number of alkyl carbamates (subject to hydrolysis) is 1. The fourth-order valence-electron chi connectivity index (χ4n) is 8.55. The van der Waals surface area contributed by atoms with Crippen LogP contribution in [0.1, 0.15) is 116 Å². The van der Waals surface area contributed by atoms with Gasteiger partial charge in [0.1, 0.15) is 49.0 Å². The molecule has 4 aromatic rings. The first-order valence-electron chi connectivity index (χ1n) is 24.7. The molecule has 0 aromatic heterocycles. The van der Waals surface area contributed by atoms with Gasteiger partial charge in [0.25, 0.3) is 0 Å². The van der Waals surface area contributed by atoms with Crippen molar-refractivity contribution in [2.45, 2.75) is 144 Å². The lowest BCUT2D eigenvalue weighted by atomic mass is 9.85. The normalized spacial score (nSPS) is 14.3. The maximum absolute atomic E-state index is 14.6. The predicted molar refractivity (Wildman–Crippen MR) is 275 cm³/mol. The molecule has 1 aliphatic carbocycles. The van der Waals surface area contributed by atoms with Gasteiger partial charge in [-0.2, -0.15) is 0 Å². The smallest absolute Gasteiger partial charge is 0.407 e. The third-order valence-corrected chi connectivity index (χ3v) is 12.3. The van der Waals surface area contributed by atoms with Crippen LogP contribution >= 0.6 is 0 Å². The van der Waals surface area contributed by atoms with Gasteiger partial charge in [-0.3, -0.25) is 24.0 Å². The van der Waals surface area contributed by atoms with Crippen LogP contribution in [0, 0.1) is 24.2 Å². The molecular formula is C57H73N5O10. The second-order valence-corrected chi connectivity index (χ2v) is 21.3. The second-order valence-electron chi connectivity index (χ2n) is 21.3. The molecule has 0 heterocycles. The minimum Gasteiger partial charge on any atom is -0.460 e. The van der Waals surface area contributed by atoms with E-state index < -0.39 is 95.2 Å². The summed E-state index contributed by atoms with van der Waals surface area (Å²) in [5.74, 6) is -5.16. The lowest BCUT2D eigenvalue weighted by molar-refractivity contribution is -0.156. The molecular weight excluding hydrogens is 915 g/mol. The van der Waals surface area contributed by atoms with Crippen LogP contribution in [0.15, 0.2) is 103 Å². The zero-order valence-electron chi connectivity index (χ0n) is 43.6. The number of aryl methyl sites for hydroxylation is 1. The van der Waals surface area contributed by atoms with Crippen LogP contribution in [0.4, 0.5) is 4.79 Å². The third kappa shape index (κ3) is 16.0. The molecule has 0 bridgehead atoms. The number of benzene rings is 4. The molecule has 0 unspecified atom stereocenters. The molecule has 5 N–H and O–H groups in total. The molecule has 5 amide bonds. The van der Waals surface area contributed by atoms with Crippen molar-refractivity contribution in [3.05, 3.63) is 131 Å². The summed E-state index contributed by atoms with van der Waals surface area (Å²) in [6.07, 6.45) is -1.26. The molecule has 0 saturated carbocycles. The van der Waals surface area contributed by atoms with Crippen LogP contribution < -0.4 is 26.6 Å². The molecule has 15 heteroatoms. The summed E-state index contributed by atoms with van der Waals surface area (Å²) < 4.78 is 16.9. The topological polar surface area (TPSA) is 207 Å². The van der Waals surface area contributed by atoms with E-state index in [9.17, 15) is 33.6 Å². The quantitative estimate of drug-likeness (QED) is 0.0408. The van der Waals surface area contributed by atoms with Crippen LogP contribution in [0.25, 0.3) is 11.1 Å². The minimum atomic E-state index is -1.53. The Hall–Kier alpha value is -7.03. The van der Waals surface area contributed by atoms with Gasteiger partial charge >= 0.3 is 18.0 Å². The zero-order chi connectivity index (χ0) is 52.9. The van der Waals surface area contributed by atoms with Crippen molar-refractivity contribution in [3.63, 3.8) is 0 Å². The van der Waals surface area contributed by atoms with E-state index in [2.05, 4.69) is 26.6 Å². The highest BCUT2D eigenvalue weighted by molar-refractivity contribution is 5.97. The standard InChI is InChI=1S/C57H73N5O10/c1-34(2)29-46(54(68)70-32-37-22-13-12-14-23-37)59-53(67)49(56(6,7)8)62-51(65)44(30-38-24-16-15-21-36(38)5)58-52(66)48(35(3)4)61-50(64)45(31-47(63)72-57(9,10)11)60-55(69)71-33-43-41-27-19-17-25-39(41)40-26-18-20-28-42(40)43/h12-28,34-35,43-46,48-49H,29-33H2,1-11H3,(H,58,66)(H,59,67)(H,60,69)(H,61,64)(H,62,65)/t44-,45-,46-,48+,49+/m0/s1. The van der Waals surface area contributed by atoms with E-state index in [1.165, 1.54) is 0 Å². The van der Waals surface area contributed by atoms with E-state index in [1.807, 2.05) is 124 Å². The van der Waals surface area contributed by atoms with Gasteiger partial charge in [-0.15, -0.1) is 0 Å². The molecule has 5 atom stereocenters. The Morgan fingerprint density at radius 1 is 0.583 bits per heavy atom. The summed E-state index contributed by atoms with van der Waals surface area (Å²) >= 11 is 0. The van der Waals surface area contributed by atoms with Crippen LogP contribution in [0.2, 0.25) is 0 Å². The molecule has 15 nitrogen and oxygen atoms in total. The molecule has 72 heavy (non-hydrogen) atoms. The number of carbonyl (C=O) groups excluding carboxylic acids is 7. The molecule has 0 spiro atoms. The molecule has 4 aromatic carbocycles. The molecule has 1 aliphatic rings. The Balaban J connectivity index is 1.34. The predicted octanol–water partition coefficient (Wildman–Crippen LogP) is 7.61. The van der Waals surface area contributed by atoms with Crippen molar-refractivity contribution >= 4 is 41.7 Å². The number of nitrogens with one attached hydrogen (secondary N) is 5. The van der Waals surface area contributed by atoms with E-state index in [0.717, 1.165) is 38.9 Å². The van der Waals surface area contributed by atoms with Crippen LogP contribution in [-0.2, 0) is 56.0 Å². The molecule has 0 radical (unpaired) electrons. The lowest BCUT2D eigenvalue weighted by Crippen LogP contribution is -2.62. The van der Waals surface area contributed by atoms with Crippen molar-refractivity contribution in [3.8, 4) is 11.1 Å². The summed E-state index contributed by atoms with van der Waals surface area (Å²) in [6, 6.07) is 25.9. The van der Waals surface area contributed by atoms with E-state index >= 15 is 0 Å². The fraction of sp³-hybridized carbons (Fsp3) is 0.456. The summed E-state index contributed by atoms with van der Waals surface area (Å²) in [5.41, 5.74) is 4.61. The van der Waals surface area contributed by atoms with E-state index in [1.54, 1.807) is 55.4 Å². The molecule has 386 valence electrons. The van der Waals surface area contributed by atoms with Gasteiger partial charge in [0.15, 0.2) is 0 Å². The Morgan fingerprint density at radius 2 is 1.14 bits per heavy atom. The Kier molecular flexibility index (Phi) is 19.3. The summed E-state index contributed by atoms with van der Waals surface area (Å²) in [6.45, 7) is 19.4. The van der Waals surface area contributed by atoms with Crippen molar-refractivity contribution in [1.82, 2.24) is 26.6 Å². The van der Waals surface area contributed by atoms with Crippen molar-refractivity contribution in [1.29, 1.82) is 0 Å². The SMILES string of the molecule is Cc1ccccc1C[C@H](NC(=O)[C@H](NC(=O)[C@H](CC(=O)OC(C)(C)C)NC(=O)OCC1c2ccccc2-c2ccccc21)C(C)C)C(=O)N[C@H](C(=O)N[C@@H](CC(C)C)C(=O)OCc1ccccc1)C(C)(C)C. The van der Waals surface area contributed by atoms with Gasteiger partial charge in [0, 0.05) is 12.3 Å². The first kappa shape index (κ1) is 55.9. The van der Waals surface area contributed by atoms with Crippen LogP contribution in [0.5, 0.6) is 0 Å². The van der Waals surface area contributed by atoms with Gasteiger partial charge in [-0.05, 0) is 90.3 Å². The van der Waals surface area contributed by atoms with Gasteiger partial charge in [0.05, 0.1) is 6.42 Å². The van der Waals surface area contributed by atoms with Gasteiger partial charge in [-0.1, -0.05) is 152 Å². The molecule has 5 rings (SSSR count). The van der Waals surface area contributed by atoms with Gasteiger partial charge < -0.3 is 40.8 Å². The number of rotatable bonds is 21. The number of esters is 2.